The molecule has 0 aliphatic carbocycles. The molecule has 1 aromatic rings. The molecule has 0 aromatic carbocycles. The van der Waals surface area contributed by atoms with Crippen molar-refractivity contribution < 1.29 is 4.79 Å². The highest BCUT2D eigenvalue weighted by molar-refractivity contribution is 7.72. The molecule has 7 nitrogen and oxygen atoms in total. The van der Waals surface area contributed by atoms with E-state index in [4.69, 9.17) is 36.1 Å². The Kier molecular flexibility index (Phi) is 3.30. The van der Waals surface area contributed by atoms with E-state index in [2.05, 4.69) is 9.97 Å². The molecule has 14 heavy (non-hydrogen) atoms. The Hall–Kier alpha value is -1.29. The number of hydrazine groups is 2. The van der Waals surface area contributed by atoms with Gasteiger partial charge in [0.1, 0.15) is 10.3 Å². The van der Waals surface area contributed by atoms with Gasteiger partial charge in [-0.15, -0.1) is 0 Å². The molecule has 1 heterocycles. The van der Waals surface area contributed by atoms with Crippen LogP contribution in [0.5, 0.6) is 0 Å². The molecule has 1 aromatic heterocycles. The molecular formula is C5H8N6OS2. The molecule has 0 atom stereocenters. The SMILES string of the molecule is NNC(=O)N(N)c1c[nH]c(=S)[nH]c1=S. The third-order valence-corrected chi connectivity index (χ3v) is 1.93. The fourth-order valence-electron chi connectivity index (χ4n) is 0.761. The zero-order valence-corrected chi connectivity index (χ0v) is 8.54. The van der Waals surface area contributed by atoms with Gasteiger partial charge in [0, 0.05) is 6.20 Å². The van der Waals surface area contributed by atoms with Gasteiger partial charge in [0.15, 0.2) is 4.77 Å². The maximum atomic E-state index is 11.0. The van der Waals surface area contributed by atoms with Gasteiger partial charge in [0.25, 0.3) is 0 Å². The zero-order valence-electron chi connectivity index (χ0n) is 6.90. The lowest BCUT2D eigenvalue weighted by molar-refractivity contribution is 0.246. The van der Waals surface area contributed by atoms with Crippen LogP contribution in [0, 0.1) is 9.41 Å². The third-order valence-electron chi connectivity index (χ3n) is 1.40. The van der Waals surface area contributed by atoms with Crippen LogP contribution in [0.15, 0.2) is 6.20 Å². The maximum absolute atomic E-state index is 11.0. The van der Waals surface area contributed by atoms with Crippen LogP contribution < -0.4 is 22.1 Å². The monoisotopic (exact) mass is 232 g/mol. The second-order valence-corrected chi connectivity index (χ2v) is 3.09. The quantitative estimate of drug-likeness (QED) is 0.203. The zero-order chi connectivity index (χ0) is 10.7. The summed E-state index contributed by atoms with van der Waals surface area (Å²) in [5, 5.41) is 0.768. The summed E-state index contributed by atoms with van der Waals surface area (Å²) in [4.78, 5) is 16.3. The number of amides is 2. The highest BCUT2D eigenvalue weighted by atomic mass is 32.1. The van der Waals surface area contributed by atoms with Crippen molar-refractivity contribution in [1.82, 2.24) is 15.4 Å². The maximum Gasteiger partial charge on any atom is 0.350 e. The number of urea groups is 1. The van der Waals surface area contributed by atoms with Crippen molar-refractivity contribution in [2.75, 3.05) is 5.01 Å². The molecule has 0 fully saturated rings. The van der Waals surface area contributed by atoms with E-state index in [9.17, 15) is 4.79 Å². The van der Waals surface area contributed by atoms with Gasteiger partial charge in [0.05, 0.1) is 0 Å². The smallest absolute Gasteiger partial charge is 0.337 e. The van der Waals surface area contributed by atoms with Gasteiger partial charge < -0.3 is 9.97 Å². The minimum atomic E-state index is -0.685. The van der Waals surface area contributed by atoms with E-state index in [-0.39, 0.29) is 10.3 Å². The second-order valence-electron chi connectivity index (χ2n) is 2.28. The average Bonchev–Trinajstić information content (AvgIpc) is 2.15. The van der Waals surface area contributed by atoms with Crippen molar-refractivity contribution >= 4 is 36.2 Å². The number of hydrogen-bond donors (Lipinski definition) is 5. The van der Waals surface area contributed by atoms with Gasteiger partial charge >= 0.3 is 6.03 Å². The topological polar surface area (TPSA) is 116 Å². The lowest BCUT2D eigenvalue weighted by atomic mass is 10.5. The Labute approximate surface area is 89.0 Å². The predicted molar refractivity (Wildman–Crippen MR) is 56.2 cm³/mol. The third kappa shape index (κ3) is 2.14. The molecule has 76 valence electrons. The van der Waals surface area contributed by atoms with Crippen molar-refractivity contribution in [3.63, 3.8) is 0 Å². The van der Waals surface area contributed by atoms with E-state index in [1.807, 2.05) is 5.43 Å². The standard InChI is InChI=1S/C5H8N6OS2/c6-10-5(12)11(7)2-1-8-4(14)9-3(2)13/h1H,6-7H2,(H,10,12)(H2,8,9,13,14). The van der Waals surface area contributed by atoms with Crippen LogP contribution in [-0.2, 0) is 0 Å². The largest absolute Gasteiger partial charge is 0.350 e. The van der Waals surface area contributed by atoms with Crippen LogP contribution in [0.4, 0.5) is 10.5 Å². The molecule has 0 radical (unpaired) electrons. The Bertz CT molecular complexity index is 450. The molecule has 0 spiro atoms. The number of carbonyl (C=O) groups is 1. The molecule has 0 unspecified atom stereocenters. The van der Waals surface area contributed by atoms with Crippen molar-refractivity contribution in [2.45, 2.75) is 0 Å². The van der Waals surface area contributed by atoms with Crippen LogP contribution in [0.1, 0.15) is 0 Å². The molecule has 2 amide bonds. The Morgan fingerprint density at radius 3 is 2.71 bits per heavy atom. The van der Waals surface area contributed by atoms with Gasteiger partial charge in [-0.3, -0.25) is 5.43 Å². The molecule has 0 saturated carbocycles. The highest BCUT2D eigenvalue weighted by Crippen LogP contribution is 2.08. The molecule has 0 aliphatic rings. The molecule has 9 heteroatoms. The van der Waals surface area contributed by atoms with Crippen LogP contribution in [0.25, 0.3) is 0 Å². The summed E-state index contributed by atoms with van der Waals surface area (Å²) < 4.78 is 0.597. The van der Waals surface area contributed by atoms with Crippen LogP contribution in [-0.4, -0.2) is 16.0 Å². The summed E-state index contributed by atoms with van der Waals surface area (Å²) in [6, 6.07) is -0.685. The first-order chi connectivity index (χ1) is 6.56. The number of rotatable bonds is 1. The van der Waals surface area contributed by atoms with Gasteiger partial charge in [-0.2, -0.15) is 0 Å². The molecule has 0 aliphatic heterocycles. The number of hydrogen-bond acceptors (Lipinski definition) is 5. The number of nitrogens with one attached hydrogen (secondary N) is 3. The van der Waals surface area contributed by atoms with Crippen LogP contribution in [0.3, 0.4) is 0 Å². The van der Waals surface area contributed by atoms with Crippen LogP contribution >= 0.6 is 24.4 Å². The highest BCUT2D eigenvalue weighted by Gasteiger charge is 2.11. The normalized spacial score (nSPS) is 9.57. The number of carbonyl (C=O) groups excluding carboxylic acids is 1. The van der Waals surface area contributed by atoms with Crippen molar-refractivity contribution in [3.8, 4) is 0 Å². The lowest BCUT2D eigenvalue weighted by Crippen LogP contribution is -2.47. The number of aromatic nitrogens is 2. The summed E-state index contributed by atoms with van der Waals surface area (Å²) in [7, 11) is 0. The summed E-state index contributed by atoms with van der Waals surface area (Å²) in [6.07, 6.45) is 1.41. The van der Waals surface area contributed by atoms with E-state index < -0.39 is 6.03 Å². The van der Waals surface area contributed by atoms with Crippen molar-refractivity contribution in [3.05, 3.63) is 15.6 Å². The Morgan fingerprint density at radius 2 is 2.21 bits per heavy atom. The fourth-order valence-corrected chi connectivity index (χ4v) is 1.25. The Balaban J connectivity index is 3.14. The summed E-state index contributed by atoms with van der Waals surface area (Å²) in [5.41, 5.74) is 2.14. The number of aromatic amines is 2. The summed E-state index contributed by atoms with van der Waals surface area (Å²) >= 11 is 9.68. The molecular weight excluding hydrogens is 224 g/mol. The fraction of sp³-hybridized carbons (Fsp3) is 0. The van der Waals surface area contributed by atoms with Crippen molar-refractivity contribution in [2.24, 2.45) is 11.7 Å². The van der Waals surface area contributed by atoms with Crippen LogP contribution in [0.2, 0.25) is 0 Å². The minimum Gasteiger partial charge on any atom is -0.337 e. The predicted octanol–water partition coefficient (Wildman–Crippen LogP) is 0.0652. The number of nitrogens with two attached hydrogens (primary N) is 2. The molecule has 7 N–H and O–H groups in total. The van der Waals surface area contributed by atoms with Gasteiger partial charge in [-0.25, -0.2) is 21.5 Å². The lowest BCUT2D eigenvalue weighted by Gasteiger charge is -2.14. The summed E-state index contributed by atoms with van der Waals surface area (Å²) in [6.45, 7) is 0. The first-order valence-corrected chi connectivity index (χ1v) is 4.25. The number of H-pyrrole nitrogens is 2. The molecule has 1 rings (SSSR count). The van der Waals surface area contributed by atoms with Crippen molar-refractivity contribution in [1.29, 1.82) is 0 Å². The molecule has 0 saturated heterocycles. The van der Waals surface area contributed by atoms with Gasteiger partial charge in [-0.1, -0.05) is 12.2 Å². The van der Waals surface area contributed by atoms with Gasteiger partial charge in [0.2, 0.25) is 0 Å². The molecule has 0 bridgehead atoms. The Morgan fingerprint density at radius 1 is 1.57 bits per heavy atom. The second kappa shape index (κ2) is 4.28. The minimum absolute atomic E-state index is 0.250. The van der Waals surface area contributed by atoms with E-state index >= 15 is 0 Å². The van der Waals surface area contributed by atoms with E-state index in [1.165, 1.54) is 6.20 Å². The van der Waals surface area contributed by atoms with E-state index in [0.717, 1.165) is 5.01 Å². The first kappa shape index (κ1) is 10.8. The number of anilines is 1. The summed E-state index contributed by atoms with van der Waals surface area (Å²) in [5.74, 6) is 10.3. The van der Waals surface area contributed by atoms with Gasteiger partial charge in [-0.05, 0) is 12.2 Å². The van der Waals surface area contributed by atoms with E-state index in [0.29, 0.717) is 4.77 Å². The van der Waals surface area contributed by atoms with E-state index in [1.54, 1.807) is 0 Å². The average molecular weight is 232 g/mol. The number of nitrogens with zero attached hydrogens (tertiary/aromatic N) is 1. The first-order valence-electron chi connectivity index (χ1n) is 3.43.